The summed E-state index contributed by atoms with van der Waals surface area (Å²) in [6, 6.07) is 3.83. The first-order valence-corrected chi connectivity index (χ1v) is 4.35. The molecule has 2 rings (SSSR count). The SMILES string of the molecule is Cl.Cl.Nc1csc(-c2ccncc2)n1. The highest BCUT2D eigenvalue weighted by molar-refractivity contribution is 7.13. The van der Waals surface area contributed by atoms with E-state index in [-0.39, 0.29) is 24.8 Å². The Bertz CT molecular complexity index is 377. The summed E-state index contributed by atoms with van der Waals surface area (Å²) in [5.74, 6) is 0.576. The van der Waals surface area contributed by atoms with Crippen molar-refractivity contribution in [2.75, 3.05) is 5.73 Å². The number of halogens is 2. The molecular formula is C8H9Cl2N3S. The summed E-state index contributed by atoms with van der Waals surface area (Å²) in [5, 5.41) is 2.77. The quantitative estimate of drug-likeness (QED) is 0.846. The van der Waals surface area contributed by atoms with Crippen LogP contribution in [0.4, 0.5) is 5.82 Å². The van der Waals surface area contributed by atoms with Crippen molar-refractivity contribution in [1.82, 2.24) is 9.97 Å². The Morgan fingerprint density at radius 3 is 2.29 bits per heavy atom. The van der Waals surface area contributed by atoms with E-state index in [1.807, 2.05) is 17.5 Å². The van der Waals surface area contributed by atoms with E-state index >= 15 is 0 Å². The highest BCUT2D eigenvalue weighted by Gasteiger charge is 2.00. The fraction of sp³-hybridized carbons (Fsp3) is 0. The molecule has 0 bridgehead atoms. The predicted molar refractivity (Wildman–Crippen MR) is 64.3 cm³/mol. The summed E-state index contributed by atoms with van der Waals surface area (Å²) in [6.07, 6.45) is 3.49. The third-order valence-corrected chi connectivity index (χ3v) is 2.36. The molecule has 2 aromatic heterocycles. The molecule has 0 atom stereocenters. The topological polar surface area (TPSA) is 51.8 Å². The molecule has 14 heavy (non-hydrogen) atoms. The van der Waals surface area contributed by atoms with Crippen LogP contribution in [-0.2, 0) is 0 Å². The maximum atomic E-state index is 5.50. The van der Waals surface area contributed by atoms with Crippen molar-refractivity contribution in [3.63, 3.8) is 0 Å². The summed E-state index contributed by atoms with van der Waals surface area (Å²) in [5.41, 5.74) is 6.56. The van der Waals surface area contributed by atoms with Gasteiger partial charge in [0.25, 0.3) is 0 Å². The molecule has 6 heteroatoms. The number of pyridine rings is 1. The Hall–Kier alpha value is -0.840. The van der Waals surface area contributed by atoms with Gasteiger partial charge in [0.2, 0.25) is 0 Å². The Kier molecular flexibility index (Phi) is 5.45. The van der Waals surface area contributed by atoms with Crippen LogP contribution in [0.5, 0.6) is 0 Å². The third-order valence-electron chi connectivity index (χ3n) is 1.45. The van der Waals surface area contributed by atoms with Crippen LogP contribution < -0.4 is 5.73 Å². The summed E-state index contributed by atoms with van der Waals surface area (Å²) < 4.78 is 0. The van der Waals surface area contributed by atoms with Crippen LogP contribution in [-0.4, -0.2) is 9.97 Å². The van der Waals surface area contributed by atoms with Crippen molar-refractivity contribution < 1.29 is 0 Å². The Morgan fingerprint density at radius 1 is 1.14 bits per heavy atom. The molecular weight excluding hydrogens is 241 g/mol. The van der Waals surface area contributed by atoms with Gasteiger partial charge < -0.3 is 5.73 Å². The molecule has 0 amide bonds. The number of hydrogen-bond donors (Lipinski definition) is 1. The average Bonchev–Trinajstić information content (AvgIpc) is 2.54. The summed E-state index contributed by atoms with van der Waals surface area (Å²) in [7, 11) is 0. The first-order valence-electron chi connectivity index (χ1n) is 3.47. The first-order chi connectivity index (χ1) is 5.86. The summed E-state index contributed by atoms with van der Waals surface area (Å²) >= 11 is 1.54. The van der Waals surface area contributed by atoms with Crippen molar-refractivity contribution in [3.8, 4) is 10.6 Å². The number of nitrogens with zero attached hydrogens (tertiary/aromatic N) is 2. The molecule has 0 radical (unpaired) electrons. The van der Waals surface area contributed by atoms with Gasteiger partial charge in [-0.3, -0.25) is 4.98 Å². The molecule has 0 aliphatic carbocycles. The molecule has 2 heterocycles. The lowest BCUT2D eigenvalue weighted by molar-refractivity contribution is 1.32. The van der Waals surface area contributed by atoms with Crippen LogP contribution in [0.1, 0.15) is 0 Å². The van der Waals surface area contributed by atoms with E-state index in [1.165, 1.54) is 11.3 Å². The van der Waals surface area contributed by atoms with E-state index in [0.29, 0.717) is 5.82 Å². The van der Waals surface area contributed by atoms with E-state index < -0.39 is 0 Å². The molecule has 76 valence electrons. The number of aromatic nitrogens is 2. The predicted octanol–water partition coefficient (Wildman–Crippen LogP) is 2.63. The van der Waals surface area contributed by atoms with Gasteiger partial charge in [-0.15, -0.1) is 36.2 Å². The normalized spacial score (nSPS) is 8.57. The van der Waals surface area contributed by atoms with E-state index in [2.05, 4.69) is 9.97 Å². The van der Waals surface area contributed by atoms with E-state index in [9.17, 15) is 0 Å². The molecule has 2 aromatic rings. The Balaban J connectivity index is 0.000000845. The van der Waals surface area contributed by atoms with Crippen LogP contribution >= 0.6 is 36.2 Å². The zero-order valence-corrected chi connectivity index (χ0v) is 9.53. The standard InChI is InChI=1S/C8H7N3S.2ClH/c9-7-5-12-8(11-7)6-1-3-10-4-2-6;;/h1-5H,9H2;2*1H. The van der Waals surface area contributed by atoms with Crippen molar-refractivity contribution >= 4 is 42.0 Å². The van der Waals surface area contributed by atoms with Crippen molar-refractivity contribution in [2.45, 2.75) is 0 Å². The maximum absolute atomic E-state index is 5.50. The molecule has 3 nitrogen and oxygen atoms in total. The van der Waals surface area contributed by atoms with Gasteiger partial charge in [-0.1, -0.05) is 0 Å². The lowest BCUT2D eigenvalue weighted by Gasteiger charge is -1.91. The number of anilines is 1. The minimum Gasteiger partial charge on any atom is -0.383 e. The van der Waals surface area contributed by atoms with E-state index in [4.69, 9.17) is 5.73 Å². The Labute approximate surface area is 98.2 Å². The van der Waals surface area contributed by atoms with E-state index in [0.717, 1.165) is 10.6 Å². The zero-order valence-electron chi connectivity index (χ0n) is 7.08. The number of hydrogen-bond acceptors (Lipinski definition) is 4. The van der Waals surface area contributed by atoms with Gasteiger partial charge in [0.15, 0.2) is 0 Å². The molecule has 2 N–H and O–H groups in total. The lowest BCUT2D eigenvalue weighted by atomic mass is 10.3. The maximum Gasteiger partial charge on any atom is 0.135 e. The smallest absolute Gasteiger partial charge is 0.135 e. The highest BCUT2D eigenvalue weighted by atomic mass is 35.5. The minimum atomic E-state index is 0. The van der Waals surface area contributed by atoms with Gasteiger partial charge in [0.05, 0.1) is 0 Å². The van der Waals surface area contributed by atoms with E-state index in [1.54, 1.807) is 12.4 Å². The Morgan fingerprint density at radius 2 is 1.79 bits per heavy atom. The van der Waals surface area contributed by atoms with Crippen LogP contribution in [0.15, 0.2) is 29.9 Å². The molecule has 0 aliphatic heterocycles. The fourth-order valence-corrected chi connectivity index (χ4v) is 1.63. The number of nitrogen functional groups attached to an aromatic ring is 1. The van der Waals surface area contributed by atoms with Gasteiger partial charge in [-0.05, 0) is 12.1 Å². The molecule has 0 aromatic carbocycles. The fourth-order valence-electron chi connectivity index (χ4n) is 0.913. The first kappa shape index (κ1) is 13.2. The number of nitrogens with two attached hydrogens (primary N) is 1. The average molecular weight is 250 g/mol. The molecule has 0 saturated carbocycles. The highest BCUT2D eigenvalue weighted by Crippen LogP contribution is 2.23. The van der Waals surface area contributed by atoms with Crippen LogP contribution in [0.2, 0.25) is 0 Å². The molecule has 0 saturated heterocycles. The zero-order chi connectivity index (χ0) is 8.39. The monoisotopic (exact) mass is 249 g/mol. The van der Waals surface area contributed by atoms with Crippen molar-refractivity contribution in [1.29, 1.82) is 0 Å². The second-order valence-electron chi connectivity index (χ2n) is 2.31. The molecule has 0 aliphatic rings. The second kappa shape index (κ2) is 5.80. The summed E-state index contributed by atoms with van der Waals surface area (Å²) in [4.78, 5) is 8.07. The lowest BCUT2D eigenvalue weighted by Crippen LogP contribution is -1.83. The molecule has 0 fully saturated rings. The number of thiazole rings is 1. The van der Waals surface area contributed by atoms with Crippen molar-refractivity contribution in [3.05, 3.63) is 29.9 Å². The second-order valence-corrected chi connectivity index (χ2v) is 3.17. The van der Waals surface area contributed by atoms with Crippen LogP contribution in [0.25, 0.3) is 10.6 Å². The van der Waals surface area contributed by atoms with Crippen molar-refractivity contribution in [2.24, 2.45) is 0 Å². The van der Waals surface area contributed by atoms with Gasteiger partial charge in [-0.25, -0.2) is 4.98 Å². The molecule has 0 spiro atoms. The van der Waals surface area contributed by atoms with Gasteiger partial charge in [0.1, 0.15) is 10.8 Å². The van der Waals surface area contributed by atoms with Gasteiger partial charge in [-0.2, -0.15) is 0 Å². The largest absolute Gasteiger partial charge is 0.383 e. The van der Waals surface area contributed by atoms with Crippen LogP contribution in [0.3, 0.4) is 0 Å². The molecule has 0 unspecified atom stereocenters. The van der Waals surface area contributed by atoms with Gasteiger partial charge >= 0.3 is 0 Å². The third kappa shape index (κ3) is 2.83. The minimum absolute atomic E-state index is 0. The van der Waals surface area contributed by atoms with Crippen LogP contribution in [0, 0.1) is 0 Å². The summed E-state index contributed by atoms with van der Waals surface area (Å²) in [6.45, 7) is 0. The van der Waals surface area contributed by atoms with Gasteiger partial charge in [0, 0.05) is 23.3 Å². The number of rotatable bonds is 1.